The number of hydrogen-bond acceptors (Lipinski definition) is 5. The number of nitrogens with zero attached hydrogens (tertiary/aromatic N) is 4. The summed E-state index contributed by atoms with van der Waals surface area (Å²) in [6, 6.07) is 8.26. The highest BCUT2D eigenvalue weighted by Gasteiger charge is 2.32. The quantitative estimate of drug-likeness (QED) is 0.847. The number of aromatic nitrogens is 2. The van der Waals surface area contributed by atoms with Gasteiger partial charge < -0.3 is 14.5 Å². The maximum absolute atomic E-state index is 6.12. The molecule has 22 heavy (non-hydrogen) atoms. The third-order valence-electron chi connectivity index (χ3n) is 3.88. The molecule has 0 bridgehead atoms. The average Bonchev–Trinajstić information content (AvgIpc) is 2.50. The first kappa shape index (κ1) is 14.6. The molecule has 1 saturated heterocycles. The molecule has 1 aliphatic rings. The average molecular weight is 298 g/mol. The molecule has 1 aliphatic heterocycles. The zero-order valence-corrected chi connectivity index (χ0v) is 13.4. The Balaban J connectivity index is 1.65. The van der Waals surface area contributed by atoms with Crippen molar-refractivity contribution in [3.05, 3.63) is 42.2 Å². The summed E-state index contributed by atoms with van der Waals surface area (Å²) in [6.07, 6.45) is 4.67. The number of rotatable bonds is 5. The Labute approximate surface area is 131 Å². The lowest BCUT2D eigenvalue weighted by Crippen LogP contribution is -2.54. The predicted molar refractivity (Wildman–Crippen MR) is 88.8 cm³/mol. The molecule has 0 saturated carbocycles. The first-order valence-electron chi connectivity index (χ1n) is 7.67. The van der Waals surface area contributed by atoms with E-state index in [1.54, 1.807) is 12.4 Å². The largest absolute Gasteiger partial charge is 0.486 e. The van der Waals surface area contributed by atoms with Gasteiger partial charge in [-0.15, -0.1) is 0 Å². The molecular weight excluding hydrogens is 276 g/mol. The van der Waals surface area contributed by atoms with Crippen LogP contribution < -0.4 is 14.5 Å². The molecule has 0 unspecified atom stereocenters. The Morgan fingerprint density at radius 1 is 1.18 bits per heavy atom. The number of para-hydroxylation sites is 1. The zero-order valence-electron chi connectivity index (χ0n) is 13.4. The molecule has 1 aromatic carbocycles. The van der Waals surface area contributed by atoms with Crippen LogP contribution in [0.5, 0.6) is 5.75 Å². The van der Waals surface area contributed by atoms with Gasteiger partial charge in [0.05, 0.1) is 13.1 Å². The highest BCUT2D eigenvalue weighted by atomic mass is 16.5. The van der Waals surface area contributed by atoms with Crippen LogP contribution in [0.15, 0.2) is 36.7 Å². The normalized spacial score (nSPS) is 14.6. The van der Waals surface area contributed by atoms with Crippen molar-refractivity contribution in [2.75, 3.05) is 37.0 Å². The van der Waals surface area contributed by atoms with E-state index >= 15 is 0 Å². The number of benzene rings is 1. The van der Waals surface area contributed by atoms with Crippen LogP contribution in [-0.2, 0) is 6.42 Å². The topological polar surface area (TPSA) is 41.5 Å². The summed E-state index contributed by atoms with van der Waals surface area (Å²) in [5.41, 5.74) is 1.26. The summed E-state index contributed by atoms with van der Waals surface area (Å²) in [4.78, 5) is 13.1. The van der Waals surface area contributed by atoms with Crippen LogP contribution in [0.1, 0.15) is 12.5 Å². The van der Waals surface area contributed by atoms with Crippen molar-refractivity contribution in [3.8, 4) is 5.75 Å². The van der Waals surface area contributed by atoms with Crippen molar-refractivity contribution in [3.63, 3.8) is 0 Å². The van der Waals surface area contributed by atoms with E-state index < -0.39 is 0 Å². The summed E-state index contributed by atoms with van der Waals surface area (Å²) < 4.78 is 6.12. The number of anilines is 2. The highest BCUT2D eigenvalue weighted by Crippen LogP contribution is 2.29. The van der Waals surface area contributed by atoms with Crippen molar-refractivity contribution in [1.29, 1.82) is 0 Å². The van der Waals surface area contributed by atoms with Gasteiger partial charge in [0.15, 0.2) is 11.6 Å². The van der Waals surface area contributed by atoms with E-state index in [0.29, 0.717) is 0 Å². The summed E-state index contributed by atoms with van der Waals surface area (Å²) in [7, 11) is 3.97. The Morgan fingerprint density at radius 3 is 2.64 bits per heavy atom. The second-order valence-corrected chi connectivity index (χ2v) is 5.70. The SMILES string of the molecule is CCc1ccccc1OC1CN(c2nccnc2N(C)C)C1. The molecule has 5 heteroatoms. The maximum Gasteiger partial charge on any atom is 0.172 e. The molecule has 1 fully saturated rings. The van der Waals surface area contributed by atoms with Crippen molar-refractivity contribution in [2.45, 2.75) is 19.4 Å². The fourth-order valence-electron chi connectivity index (χ4n) is 2.64. The second kappa shape index (κ2) is 6.22. The summed E-state index contributed by atoms with van der Waals surface area (Å²) >= 11 is 0. The van der Waals surface area contributed by atoms with Gasteiger partial charge in [0.2, 0.25) is 0 Å². The van der Waals surface area contributed by atoms with Gasteiger partial charge in [-0.05, 0) is 18.1 Å². The summed E-state index contributed by atoms with van der Waals surface area (Å²) in [5.74, 6) is 2.83. The minimum absolute atomic E-state index is 0.213. The molecule has 0 atom stereocenters. The van der Waals surface area contributed by atoms with Crippen molar-refractivity contribution < 1.29 is 4.74 Å². The van der Waals surface area contributed by atoms with Crippen LogP contribution in [-0.4, -0.2) is 43.3 Å². The molecule has 0 amide bonds. The Bertz CT molecular complexity index is 638. The maximum atomic E-state index is 6.12. The molecule has 2 heterocycles. The number of aryl methyl sites for hydroxylation is 1. The molecule has 0 spiro atoms. The second-order valence-electron chi connectivity index (χ2n) is 5.70. The summed E-state index contributed by atoms with van der Waals surface area (Å²) in [6.45, 7) is 3.84. The van der Waals surface area contributed by atoms with Crippen LogP contribution in [0, 0.1) is 0 Å². The lowest BCUT2D eigenvalue weighted by Gasteiger charge is -2.40. The number of ether oxygens (including phenoxy) is 1. The molecule has 116 valence electrons. The van der Waals surface area contributed by atoms with Gasteiger partial charge in [-0.3, -0.25) is 0 Å². The third kappa shape index (κ3) is 2.84. The van der Waals surface area contributed by atoms with Crippen LogP contribution in [0.25, 0.3) is 0 Å². The van der Waals surface area contributed by atoms with Gasteiger partial charge in [-0.2, -0.15) is 0 Å². The third-order valence-corrected chi connectivity index (χ3v) is 3.88. The van der Waals surface area contributed by atoms with E-state index in [2.05, 4.69) is 40.0 Å². The van der Waals surface area contributed by atoms with Crippen molar-refractivity contribution in [2.24, 2.45) is 0 Å². The Morgan fingerprint density at radius 2 is 1.91 bits per heavy atom. The lowest BCUT2D eigenvalue weighted by molar-refractivity contribution is 0.165. The summed E-state index contributed by atoms with van der Waals surface area (Å²) in [5, 5.41) is 0. The molecule has 0 radical (unpaired) electrons. The smallest absolute Gasteiger partial charge is 0.172 e. The molecule has 0 N–H and O–H groups in total. The fraction of sp³-hybridized carbons (Fsp3) is 0.412. The fourth-order valence-corrected chi connectivity index (χ4v) is 2.64. The van der Waals surface area contributed by atoms with Gasteiger partial charge in [0, 0.05) is 26.5 Å². The van der Waals surface area contributed by atoms with Gasteiger partial charge in [0.25, 0.3) is 0 Å². The van der Waals surface area contributed by atoms with Crippen molar-refractivity contribution in [1.82, 2.24) is 9.97 Å². The van der Waals surface area contributed by atoms with Gasteiger partial charge >= 0.3 is 0 Å². The molecule has 2 aromatic rings. The van der Waals surface area contributed by atoms with Crippen LogP contribution in [0.2, 0.25) is 0 Å². The minimum Gasteiger partial charge on any atom is -0.486 e. The standard InChI is InChI=1S/C17H22N4O/c1-4-13-7-5-6-8-15(13)22-14-11-21(12-14)17-16(20(2)3)18-9-10-19-17/h5-10,14H,4,11-12H2,1-3H3. The van der Waals surface area contributed by atoms with E-state index in [-0.39, 0.29) is 6.10 Å². The van der Waals surface area contributed by atoms with E-state index in [1.165, 1.54) is 5.56 Å². The molecule has 3 rings (SSSR count). The predicted octanol–water partition coefficient (Wildman–Crippen LogP) is 2.37. The van der Waals surface area contributed by atoms with E-state index in [9.17, 15) is 0 Å². The zero-order chi connectivity index (χ0) is 15.5. The van der Waals surface area contributed by atoms with Gasteiger partial charge in [-0.1, -0.05) is 25.1 Å². The minimum atomic E-state index is 0.213. The Kier molecular flexibility index (Phi) is 4.13. The van der Waals surface area contributed by atoms with Crippen LogP contribution >= 0.6 is 0 Å². The van der Waals surface area contributed by atoms with Crippen molar-refractivity contribution >= 4 is 11.6 Å². The first-order chi connectivity index (χ1) is 10.7. The Hall–Kier alpha value is -2.30. The van der Waals surface area contributed by atoms with Gasteiger partial charge in [-0.25, -0.2) is 9.97 Å². The van der Waals surface area contributed by atoms with Gasteiger partial charge in [0.1, 0.15) is 11.9 Å². The molecule has 5 nitrogen and oxygen atoms in total. The van der Waals surface area contributed by atoms with Crippen LogP contribution in [0.4, 0.5) is 11.6 Å². The number of hydrogen-bond donors (Lipinski definition) is 0. The molecule has 0 aliphatic carbocycles. The van der Waals surface area contributed by atoms with E-state index in [4.69, 9.17) is 4.74 Å². The van der Waals surface area contributed by atoms with E-state index in [1.807, 2.05) is 25.1 Å². The van der Waals surface area contributed by atoms with E-state index in [0.717, 1.165) is 36.9 Å². The highest BCUT2D eigenvalue weighted by molar-refractivity contribution is 5.62. The first-order valence-corrected chi connectivity index (χ1v) is 7.67. The molecule has 1 aromatic heterocycles. The monoisotopic (exact) mass is 298 g/mol. The lowest BCUT2D eigenvalue weighted by atomic mass is 10.1. The molecular formula is C17H22N4O. The van der Waals surface area contributed by atoms with Crippen LogP contribution in [0.3, 0.4) is 0 Å².